The first-order valence-electron chi connectivity index (χ1n) is 7.44. The fourth-order valence-electron chi connectivity index (χ4n) is 3.57. The molecule has 1 spiro atoms. The van der Waals surface area contributed by atoms with Crippen LogP contribution in [0.15, 0.2) is 12.1 Å². The van der Waals surface area contributed by atoms with E-state index in [9.17, 15) is 10.1 Å². The van der Waals surface area contributed by atoms with Crippen LogP contribution in [0, 0.1) is 23.7 Å². The van der Waals surface area contributed by atoms with Gasteiger partial charge in [0.1, 0.15) is 11.9 Å². The molecular weight excluding hydrogens is 264 g/mol. The number of carbonyl (C=O) groups is 1. The van der Waals surface area contributed by atoms with Crippen LogP contribution < -0.4 is 4.90 Å². The van der Waals surface area contributed by atoms with E-state index < -0.39 is 0 Å². The van der Waals surface area contributed by atoms with Crippen LogP contribution in [0.2, 0.25) is 0 Å². The molecule has 3 rings (SSSR count). The Morgan fingerprint density at radius 1 is 1.33 bits per heavy atom. The van der Waals surface area contributed by atoms with Crippen molar-refractivity contribution in [3.63, 3.8) is 0 Å². The molecule has 0 aromatic carbocycles. The minimum atomic E-state index is -0.273. The number of piperidine rings is 1. The van der Waals surface area contributed by atoms with E-state index in [-0.39, 0.29) is 11.3 Å². The maximum Gasteiger partial charge on any atom is 0.230 e. The molecule has 2 fully saturated rings. The van der Waals surface area contributed by atoms with Gasteiger partial charge >= 0.3 is 0 Å². The van der Waals surface area contributed by atoms with Crippen molar-refractivity contribution in [2.45, 2.75) is 26.2 Å². The Bertz CT molecular complexity index is 621. The Morgan fingerprint density at radius 2 is 2.14 bits per heavy atom. The van der Waals surface area contributed by atoms with Crippen molar-refractivity contribution in [2.24, 2.45) is 5.41 Å². The Labute approximate surface area is 125 Å². The summed E-state index contributed by atoms with van der Waals surface area (Å²) in [6.45, 7) is 4.26. The zero-order valence-electron chi connectivity index (χ0n) is 12.6. The second-order valence-electron chi connectivity index (χ2n) is 6.22. The molecule has 0 unspecified atom stereocenters. The monoisotopic (exact) mass is 284 g/mol. The van der Waals surface area contributed by atoms with E-state index in [1.54, 1.807) is 0 Å². The maximum absolute atomic E-state index is 12.6. The van der Waals surface area contributed by atoms with Gasteiger partial charge in [-0.25, -0.2) is 4.98 Å². The number of anilines is 1. The Hall–Kier alpha value is -2.09. The van der Waals surface area contributed by atoms with Gasteiger partial charge in [-0.3, -0.25) is 4.79 Å². The van der Waals surface area contributed by atoms with E-state index in [4.69, 9.17) is 0 Å². The van der Waals surface area contributed by atoms with Gasteiger partial charge < -0.3 is 9.80 Å². The molecule has 0 N–H and O–H groups in total. The van der Waals surface area contributed by atoms with E-state index in [0.29, 0.717) is 12.1 Å². The van der Waals surface area contributed by atoms with E-state index in [1.807, 2.05) is 31.0 Å². The van der Waals surface area contributed by atoms with Crippen molar-refractivity contribution in [1.82, 2.24) is 9.88 Å². The third kappa shape index (κ3) is 2.25. The Morgan fingerprint density at radius 3 is 2.90 bits per heavy atom. The Kier molecular flexibility index (Phi) is 3.32. The Balaban J connectivity index is 1.89. The molecule has 1 aromatic rings. The van der Waals surface area contributed by atoms with Gasteiger partial charge in [-0.2, -0.15) is 5.26 Å². The van der Waals surface area contributed by atoms with Crippen LogP contribution in [0.25, 0.3) is 0 Å². The molecule has 1 atom stereocenters. The fraction of sp³-hybridized carbons (Fsp3) is 0.562. The summed E-state index contributed by atoms with van der Waals surface area (Å²) in [6, 6.07) is 5.88. The second-order valence-corrected chi connectivity index (χ2v) is 6.22. The van der Waals surface area contributed by atoms with Gasteiger partial charge in [-0.05, 0) is 38.3 Å². The summed E-state index contributed by atoms with van der Waals surface area (Å²) in [5.41, 5.74) is 1.22. The lowest BCUT2D eigenvalue weighted by Gasteiger charge is -2.37. The van der Waals surface area contributed by atoms with E-state index >= 15 is 0 Å². The molecule has 110 valence electrons. The summed E-state index contributed by atoms with van der Waals surface area (Å²) in [7, 11) is 1.89. The molecule has 2 aliphatic rings. The number of rotatable bonds is 1. The summed E-state index contributed by atoms with van der Waals surface area (Å²) < 4.78 is 0. The largest absolute Gasteiger partial charge is 0.354 e. The van der Waals surface area contributed by atoms with Gasteiger partial charge in [0.25, 0.3) is 0 Å². The van der Waals surface area contributed by atoms with Crippen LogP contribution in [0.3, 0.4) is 0 Å². The standard InChI is InChI=1S/C16H20N4O/c1-12-4-5-13(10-17)14(18-12)20-9-7-16(11-20)6-3-8-19(2)15(16)21/h4-5H,3,6-9,11H2,1-2H3/t16-/m1/s1. The molecular formula is C16H20N4O. The highest BCUT2D eigenvalue weighted by molar-refractivity contribution is 5.85. The van der Waals surface area contributed by atoms with E-state index in [0.717, 1.165) is 43.9 Å². The predicted octanol–water partition coefficient (Wildman–Crippen LogP) is 1.71. The average molecular weight is 284 g/mol. The predicted molar refractivity (Wildman–Crippen MR) is 79.8 cm³/mol. The molecule has 2 saturated heterocycles. The minimum Gasteiger partial charge on any atom is -0.354 e. The number of hydrogen-bond donors (Lipinski definition) is 0. The summed E-state index contributed by atoms with van der Waals surface area (Å²) in [5, 5.41) is 9.27. The normalized spacial score (nSPS) is 25.5. The van der Waals surface area contributed by atoms with Crippen LogP contribution in [-0.4, -0.2) is 42.5 Å². The maximum atomic E-state index is 12.6. The molecule has 21 heavy (non-hydrogen) atoms. The summed E-state index contributed by atoms with van der Waals surface area (Å²) in [4.78, 5) is 21.1. The van der Waals surface area contributed by atoms with Crippen molar-refractivity contribution in [1.29, 1.82) is 5.26 Å². The third-order valence-corrected chi connectivity index (χ3v) is 4.74. The van der Waals surface area contributed by atoms with Gasteiger partial charge in [0, 0.05) is 32.4 Å². The number of aromatic nitrogens is 1. The van der Waals surface area contributed by atoms with Gasteiger partial charge in [0.2, 0.25) is 5.91 Å². The van der Waals surface area contributed by atoms with E-state index in [1.165, 1.54) is 0 Å². The van der Waals surface area contributed by atoms with Gasteiger partial charge in [0.15, 0.2) is 0 Å². The topological polar surface area (TPSA) is 60.2 Å². The zero-order valence-corrected chi connectivity index (χ0v) is 12.6. The van der Waals surface area contributed by atoms with Crippen LogP contribution in [0.1, 0.15) is 30.5 Å². The zero-order chi connectivity index (χ0) is 15.0. The molecule has 0 saturated carbocycles. The summed E-state index contributed by atoms with van der Waals surface area (Å²) in [6.07, 6.45) is 2.86. The number of nitrogens with zero attached hydrogens (tertiary/aromatic N) is 4. The van der Waals surface area contributed by atoms with Crippen molar-refractivity contribution in [3.8, 4) is 6.07 Å². The molecule has 0 bridgehead atoms. The highest BCUT2D eigenvalue weighted by atomic mass is 16.2. The summed E-state index contributed by atoms with van der Waals surface area (Å²) in [5.74, 6) is 0.984. The highest BCUT2D eigenvalue weighted by Gasteiger charge is 2.48. The molecule has 1 aromatic heterocycles. The van der Waals surface area contributed by atoms with Crippen molar-refractivity contribution in [3.05, 3.63) is 23.4 Å². The average Bonchev–Trinajstić information content (AvgIpc) is 2.90. The molecule has 1 amide bonds. The summed E-state index contributed by atoms with van der Waals surface area (Å²) >= 11 is 0. The number of amides is 1. The number of hydrogen-bond acceptors (Lipinski definition) is 4. The third-order valence-electron chi connectivity index (χ3n) is 4.74. The number of likely N-dealkylation sites (tertiary alicyclic amines) is 1. The highest BCUT2D eigenvalue weighted by Crippen LogP contribution is 2.41. The number of pyridine rings is 1. The van der Waals surface area contributed by atoms with Crippen molar-refractivity contribution >= 4 is 11.7 Å². The van der Waals surface area contributed by atoms with E-state index in [2.05, 4.69) is 16.0 Å². The molecule has 5 nitrogen and oxygen atoms in total. The number of carbonyl (C=O) groups excluding carboxylic acids is 1. The van der Waals surface area contributed by atoms with Crippen LogP contribution in [0.5, 0.6) is 0 Å². The second kappa shape index (κ2) is 5.03. The number of nitriles is 1. The smallest absolute Gasteiger partial charge is 0.230 e. The quantitative estimate of drug-likeness (QED) is 0.787. The van der Waals surface area contributed by atoms with Gasteiger partial charge in [-0.1, -0.05) is 0 Å². The molecule has 3 heterocycles. The fourth-order valence-corrected chi connectivity index (χ4v) is 3.57. The van der Waals surface area contributed by atoms with Crippen molar-refractivity contribution < 1.29 is 4.79 Å². The van der Waals surface area contributed by atoms with Crippen LogP contribution >= 0.6 is 0 Å². The lowest BCUT2D eigenvalue weighted by molar-refractivity contribution is -0.143. The molecule has 2 aliphatic heterocycles. The lowest BCUT2D eigenvalue weighted by Crippen LogP contribution is -2.48. The lowest BCUT2D eigenvalue weighted by atomic mass is 9.78. The van der Waals surface area contributed by atoms with Gasteiger partial charge in [-0.15, -0.1) is 0 Å². The SMILES string of the molecule is Cc1ccc(C#N)c(N2CC[C@]3(CCCN(C)C3=O)C2)n1. The van der Waals surface area contributed by atoms with Crippen LogP contribution in [0.4, 0.5) is 5.82 Å². The minimum absolute atomic E-state index is 0.252. The first-order valence-corrected chi connectivity index (χ1v) is 7.44. The van der Waals surface area contributed by atoms with Crippen LogP contribution in [-0.2, 0) is 4.79 Å². The molecule has 5 heteroatoms. The van der Waals surface area contributed by atoms with Gasteiger partial charge in [0.05, 0.1) is 11.0 Å². The van der Waals surface area contributed by atoms with Crippen molar-refractivity contribution in [2.75, 3.05) is 31.6 Å². The first-order chi connectivity index (χ1) is 10.1. The first kappa shape index (κ1) is 13.9. The molecule has 0 aliphatic carbocycles. The molecule has 0 radical (unpaired) electrons. The number of aryl methyl sites for hydroxylation is 1.